The highest BCUT2D eigenvalue weighted by atomic mass is 79.9. The molecule has 0 saturated heterocycles. The van der Waals surface area contributed by atoms with Gasteiger partial charge in [0, 0.05) is 21.0 Å². The Balaban J connectivity index is 1.71. The summed E-state index contributed by atoms with van der Waals surface area (Å²) in [5.74, 6) is 0.753. The first-order valence-electron chi connectivity index (χ1n) is 8.09. The standard InChI is InChI=1S/C20H17BrO3/c1-12-18(23-11-13-4-2-5-14(21)10-13)9-8-16-15-6-3-7-17(15)20(22)24-19(12)16/h2,4-5,8-10H,3,6-7,11H2,1H3. The largest absolute Gasteiger partial charge is 0.488 e. The minimum atomic E-state index is -0.192. The van der Waals surface area contributed by atoms with E-state index in [1.807, 2.05) is 43.3 Å². The molecule has 0 saturated carbocycles. The Labute approximate surface area is 148 Å². The molecule has 0 N–H and O–H groups in total. The Morgan fingerprint density at radius 2 is 2.00 bits per heavy atom. The lowest BCUT2D eigenvalue weighted by molar-refractivity contribution is 0.304. The summed E-state index contributed by atoms with van der Waals surface area (Å²) in [4.78, 5) is 12.2. The van der Waals surface area contributed by atoms with Crippen molar-refractivity contribution in [3.63, 3.8) is 0 Å². The fourth-order valence-corrected chi connectivity index (χ4v) is 3.85. The summed E-state index contributed by atoms with van der Waals surface area (Å²) in [5, 5.41) is 1.05. The molecule has 4 rings (SSSR count). The first-order chi connectivity index (χ1) is 11.6. The zero-order valence-corrected chi connectivity index (χ0v) is 15.0. The average molecular weight is 385 g/mol. The van der Waals surface area contributed by atoms with Crippen LogP contribution in [0.2, 0.25) is 0 Å². The summed E-state index contributed by atoms with van der Waals surface area (Å²) < 4.78 is 12.6. The molecule has 1 aliphatic rings. The predicted octanol–water partition coefficient (Wildman–Crippen LogP) is 4.93. The smallest absolute Gasteiger partial charge is 0.339 e. The van der Waals surface area contributed by atoms with Gasteiger partial charge in [0.2, 0.25) is 0 Å². The molecule has 1 aliphatic carbocycles. The highest BCUT2D eigenvalue weighted by Crippen LogP contribution is 2.33. The quantitative estimate of drug-likeness (QED) is 0.600. The van der Waals surface area contributed by atoms with Crippen LogP contribution in [-0.4, -0.2) is 0 Å². The first-order valence-corrected chi connectivity index (χ1v) is 8.88. The molecule has 1 aromatic heterocycles. The minimum Gasteiger partial charge on any atom is -0.488 e. The molecule has 1 heterocycles. The van der Waals surface area contributed by atoms with Gasteiger partial charge >= 0.3 is 5.63 Å². The zero-order chi connectivity index (χ0) is 16.7. The molecule has 0 radical (unpaired) electrons. The molecule has 24 heavy (non-hydrogen) atoms. The van der Waals surface area contributed by atoms with Gasteiger partial charge in [-0.1, -0.05) is 28.1 Å². The van der Waals surface area contributed by atoms with Crippen LogP contribution in [0.3, 0.4) is 0 Å². The maximum Gasteiger partial charge on any atom is 0.339 e. The summed E-state index contributed by atoms with van der Waals surface area (Å²) >= 11 is 3.47. The molecule has 0 fully saturated rings. The van der Waals surface area contributed by atoms with E-state index in [2.05, 4.69) is 15.9 Å². The molecular formula is C20H17BrO3. The van der Waals surface area contributed by atoms with Gasteiger partial charge < -0.3 is 9.15 Å². The van der Waals surface area contributed by atoms with Crippen molar-refractivity contribution in [3.05, 3.63) is 73.5 Å². The molecule has 0 unspecified atom stereocenters. The molecule has 0 aliphatic heterocycles. The van der Waals surface area contributed by atoms with Crippen LogP contribution in [0.25, 0.3) is 11.0 Å². The molecular weight excluding hydrogens is 368 g/mol. The second kappa shape index (κ2) is 6.10. The predicted molar refractivity (Wildman–Crippen MR) is 97.7 cm³/mol. The number of fused-ring (bicyclic) bond motifs is 3. The summed E-state index contributed by atoms with van der Waals surface area (Å²) in [6.45, 7) is 2.42. The van der Waals surface area contributed by atoms with Gasteiger partial charge in [-0.3, -0.25) is 0 Å². The second-order valence-electron chi connectivity index (χ2n) is 6.18. The van der Waals surface area contributed by atoms with Crippen LogP contribution < -0.4 is 10.4 Å². The van der Waals surface area contributed by atoms with Crippen molar-refractivity contribution in [3.8, 4) is 5.75 Å². The van der Waals surface area contributed by atoms with Gasteiger partial charge in [0.25, 0.3) is 0 Å². The fraction of sp³-hybridized carbons (Fsp3) is 0.250. The summed E-state index contributed by atoms with van der Waals surface area (Å²) in [5.41, 5.74) is 4.44. The van der Waals surface area contributed by atoms with Gasteiger partial charge in [-0.2, -0.15) is 0 Å². The van der Waals surface area contributed by atoms with Crippen LogP contribution in [0.15, 0.2) is 50.1 Å². The van der Waals surface area contributed by atoms with Crippen molar-refractivity contribution >= 4 is 26.9 Å². The van der Waals surface area contributed by atoms with E-state index in [0.717, 1.165) is 57.1 Å². The number of hydrogen-bond donors (Lipinski definition) is 0. The number of hydrogen-bond acceptors (Lipinski definition) is 3. The van der Waals surface area contributed by atoms with Gasteiger partial charge in [0.1, 0.15) is 17.9 Å². The zero-order valence-electron chi connectivity index (χ0n) is 13.4. The van der Waals surface area contributed by atoms with Crippen molar-refractivity contribution in [1.82, 2.24) is 0 Å². The molecule has 0 amide bonds. The SMILES string of the molecule is Cc1c(OCc2cccc(Br)c2)ccc2c3c(c(=O)oc12)CCC3. The van der Waals surface area contributed by atoms with Gasteiger partial charge in [0.15, 0.2) is 0 Å². The number of ether oxygens (including phenoxy) is 1. The van der Waals surface area contributed by atoms with E-state index in [0.29, 0.717) is 12.2 Å². The third kappa shape index (κ3) is 2.65. The highest BCUT2D eigenvalue weighted by molar-refractivity contribution is 9.10. The normalized spacial score (nSPS) is 13.2. The summed E-state index contributed by atoms with van der Waals surface area (Å²) in [7, 11) is 0. The topological polar surface area (TPSA) is 39.4 Å². The Hall–Kier alpha value is -2.07. The summed E-state index contributed by atoms with van der Waals surface area (Å²) in [6, 6.07) is 12.0. The van der Waals surface area contributed by atoms with E-state index in [4.69, 9.17) is 9.15 Å². The lowest BCUT2D eigenvalue weighted by atomic mass is 10.0. The molecule has 4 heteroatoms. The monoisotopic (exact) mass is 384 g/mol. The minimum absolute atomic E-state index is 0.192. The molecule has 2 aromatic carbocycles. The molecule has 122 valence electrons. The van der Waals surface area contributed by atoms with Crippen molar-refractivity contribution < 1.29 is 9.15 Å². The van der Waals surface area contributed by atoms with Crippen LogP contribution >= 0.6 is 15.9 Å². The van der Waals surface area contributed by atoms with E-state index < -0.39 is 0 Å². The highest BCUT2D eigenvalue weighted by Gasteiger charge is 2.21. The molecule has 0 bridgehead atoms. The van der Waals surface area contributed by atoms with E-state index in [-0.39, 0.29) is 5.63 Å². The maximum absolute atomic E-state index is 12.2. The van der Waals surface area contributed by atoms with Gasteiger partial charge in [0.05, 0.1) is 0 Å². The van der Waals surface area contributed by atoms with Crippen LogP contribution in [-0.2, 0) is 19.4 Å². The van der Waals surface area contributed by atoms with E-state index >= 15 is 0 Å². The second-order valence-corrected chi connectivity index (χ2v) is 7.10. The van der Waals surface area contributed by atoms with Crippen molar-refractivity contribution in [2.45, 2.75) is 32.8 Å². The Morgan fingerprint density at radius 3 is 2.83 bits per heavy atom. The van der Waals surface area contributed by atoms with Crippen LogP contribution in [0.1, 0.15) is 28.7 Å². The van der Waals surface area contributed by atoms with Gasteiger partial charge in [-0.25, -0.2) is 4.79 Å². The van der Waals surface area contributed by atoms with Crippen molar-refractivity contribution in [2.75, 3.05) is 0 Å². The Bertz CT molecular complexity index is 988. The average Bonchev–Trinajstić information content (AvgIpc) is 3.06. The first kappa shape index (κ1) is 15.5. The van der Waals surface area contributed by atoms with Crippen LogP contribution in [0.5, 0.6) is 5.75 Å². The Kier molecular flexibility index (Phi) is 3.93. The molecule has 3 nitrogen and oxygen atoms in total. The number of benzene rings is 2. The Morgan fingerprint density at radius 1 is 1.17 bits per heavy atom. The molecule has 3 aromatic rings. The van der Waals surface area contributed by atoms with Crippen molar-refractivity contribution in [1.29, 1.82) is 0 Å². The van der Waals surface area contributed by atoms with Gasteiger partial charge in [-0.05, 0) is 61.6 Å². The summed E-state index contributed by atoms with van der Waals surface area (Å²) in [6.07, 6.45) is 2.81. The third-order valence-electron chi connectivity index (χ3n) is 4.62. The number of halogens is 1. The van der Waals surface area contributed by atoms with Crippen LogP contribution in [0.4, 0.5) is 0 Å². The molecule has 0 spiro atoms. The molecule has 0 atom stereocenters. The lowest BCUT2D eigenvalue weighted by Crippen LogP contribution is -2.08. The van der Waals surface area contributed by atoms with Crippen molar-refractivity contribution in [2.24, 2.45) is 0 Å². The third-order valence-corrected chi connectivity index (χ3v) is 5.12. The van der Waals surface area contributed by atoms with Crippen LogP contribution in [0, 0.1) is 6.92 Å². The van der Waals surface area contributed by atoms with Gasteiger partial charge in [-0.15, -0.1) is 0 Å². The van der Waals surface area contributed by atoms with E-state index in [1.54, 1.807) is 0 Å². The fourth-order valence-electron chi connectivity index (χ4n) is 3.41. The van der Waals surface area contributed by atoms with E-state index in [9.17, 15) is 4.79 Å². The lowest BCUT2D eigenvalue weighted by Gasteiger charge is -2.12. The maximum atomic E-state index is 12.2. The number of aryl methyl sites for hydroxylation is 2. The number of rotatable bonds is 3. The van der Waals surface area contributed by atoms with E-state index in [1.165, 1.54) is 0 Å².